The third-order valence-electron chi connectivity index (χ3n) is 0.827. The van der Waals surface area contributed by atoms with Gasteiger partial charge in [-0.25, -0.2) is 0 Å². The Morgan fingerprint density at radius 1 is 1.88 bits per heavy atom. The molecule has 0 aromatic rings. The van der Waals surface area contributed by atoms with Crippen LogP contribution in [0.5, 0.6) is 0 Å². The number of hydrogen-bond acceptors (Lipinski definition) is 2. The van der Waals surface area contributed by atoms with Crippen molar-refractivity contribution in [3.05, 3.63) is 0 Å². The molecule has 0 saturated carbocycles. The van der Waals surface area contributed by atoms with Gasteiger partial charge in [0.2, 0.25) is 6.41 Å². The van der Waals surface area contributed by atoms with Gasteiger partial charge >= 0.3 is 0 Å². The fourth-order valence-corrected chi connectivity index (χ4v) is 0.370. The van der Waals surface area contributed by atoms with Gasteiger partial charge in [0.1, 0.15) is 0 Å². The fraction of sp³-hybridized carbons (Fsp3) is 0.800. The summed E-state index contributed by atoms with van der Waals surface area (Å²) in [6.07, 6.45) is 1.53. The molecule has 8 heavy (non-hydrogen) atoms. The largest absolute Gasteiger partial charge is 0.359 e. The fourth-order valence-electron chi connectivity index (χ4n) is 0.370. The van der Waals surface area contributed by atoms with Crippen molar-refractivity contribution in [1.29, 1.82) is 0 Å². The second-order valence-electron chi connectivity index (χ2n) is 1.84. The molecule has 48 valence electrons. The summed E-state index contributed by atoms with van der Waals surface area (Å²) < 4.78 is 0. The summed E-state index contributed by atoms with van der Waals surface area (Å²) in [4.78, 5) is 9.63. The zero-order valence-corrected chi connectivity index (χ0v) is 5.05. The van der Waals surface area contributed by atoms with Gasteiger partial charge in [0, 0.05) is 12.6 Å². The van der Waals surface area contributed by atoms with Crippen molar-refractivity contribution in [2.75, 3.05) is 6.54 Å². The smallest absolute Gasteiger partial charge is 0.207 e. The van der Waals surface area contributed by atoms with Gasteiger partial charge < -0.3 is 11.1 Å². The Balaban J connectivity index is 2.81. The van der Waals surface area contributed by atoms with Crippen LogP contribution in [-0.4, -0.2) is 19.0 Å². The van der Waals surface area contributed by atoms with E-state index in [4.69, 9.17) is 5.73 Å². The van der Waals surface area contributed by atoms with Gasteiger partial charge in [-0.15, -0.1) is 0 Å². The molecule has 0 fully saturated rings. The molecular weight excluding hydrogens is 104 g/mol. The molecule has 0 aliphatic carbocycles. The van der Waals surface area contributed by atoms with Gasteiger partial charge in [-0.3, -0.25) is 4.79 Å². The van der Waals surface area contributed by atoms with Gasteiger partial charge in [0.25, 0.3) is 0 Å². The van der Waals surface area contributed by atoms with Crippen molar-refractivity contribution < 1.29 is 4.79 Å². The third kappa shape index (κ3) is 5.43. The van der Waals surface area contributed by atoms with Crippen LogP contribution < -0.4 is 11.1 Å². The lowest BCUT2D eigenvalue weighted by molar-refractivity contribution is -0.109. The van der Waals surface area contributed by atoms with Crippen molar-refractivity contribution >= 4 is 6.41 Å². The minimum atomic E-state index is 0.183. The van der Waals surface area contributed by atoms with Crippen LogP contribution in [0.15, 0.2) is 0 Å². The van der Waals surface area contributed by atoms with E-state index in [-0.39, 0.29) is 6.04 Å². The maximum atomic E-state index is 9.63. The van der Waals surface area contributed by atoms with E-state index in [1.807, 2.05) is 6.92 Å². The highest BCUT2D eigenvalue weighted by atomic mass is 16.1. The van der Waals surface area contributed by atoms with E-state index in [9.17, 15) is 4.79 Å². The molecule has 1 atom stereocenters. The molecule has 0 radical (unpaired) electrons. The normalized spacial score (nSPS) is 12.8. The maximum absolute atomic E-state index is 9.63. The van der Waals surface area contributed by atoms with E-state index in [2.05, 4.69) is 5.32 Å². The highest BCUT2D eigenvalue weighted by Crippen LogP contribution is 1.79. The monoisotopic (exact) mass is 116 g/mol. The number of carbonyl (C=O) groups excluding carboxylic acids is 1. The highest BCUT2D eigenvalue weighted by molar-refractivity contribution is 5.45. The van der Waals surface area contributed by atoms with Crippen LogP contribution in [0.1, 0.15) is 13.3 Å². The first-order valence-electron chi connectivity index (χ1n) is 2.70. The second kappa shape index (κ2) is 4.59. The summed E-state index contributed by atoms with van der Waals surface area (Å²) in [6.45, 7) is 2.59. The molecule has 0 aromatic carbocycles. The van der Waals surface area contributed by atoms with Gasteiger partial charge in [0.15, 0.2) is 0 Å². The lowest BCUT2D eigenvalue weighted by atomic mass is 10.2. The average Bonchev–Trinajstić information content (AvgIpc) is 1.66. The van der Waals surface area contributed by atoms with Crippen LogP contribution in [0.2, 0.25) is 0 Å². The maximum Gasteiger partial charge on any atom is 0.207 e. The lowest BCUT2D eigenvalue weighted by Gasteiger charge is -2.01. The van der Waals surface area contributed by atoms with Gasteiger partial charge in [0.05, 0.1) is 0 Å². The van der Waals surface area contributed by atoms with E-state index < -0.39 is 0 Å². The molecule has 0 aliphatic heterocycles. The first-order valence-corrected chi connectivity index (χ1v) is 2.70. The Kier molecular flexibility index (Phi) is 4.26. The molecule has 1 amide bonds. The molecular formula is C5H12N2O. The van der Waals surface area contributed by atoms with Crippen LogP contribution in [0.3, 0.4) is 0 Å². The second-order valence-corrected chi connectivity index (χ2v) is 1.84. The van der Waals surface area contributed by atoms with Crippen LogP contribution in [0.4, 0.5) is 0 Å². The van der Waals surface area contributed by atoms with Crippen molar-refractivity contribution in [3.8, 4) is 0 Å². The van der Waals surface area contributed by atoms with Crippen LogP contribution in [-0.2, 0) is 4.79 Å². The molecule has 0 rings (SSSR count). The Morgan fingerprint density at radius 2 is 2.50 bits per heavy atom. The number of nitrogens with two attached hydrogens (primary N) is 1. The quantitative estimate of drug-likeness (QED) is 0.383. The Hall–Kier alpha value is -0.570. The van der Waals surface area contributed by atoms with E-state index in [0.29, 0.717) is 13.0 Å². The molecule has 1 unspecified atom stereocenters. The summed E-state index contributed by atoms with van der Waals surface area (Å²) in [7, 11) is 0. The predicted molar refractivity (Wildman–Crippen MR) is 32.3 cm³/mol. The number of nitrogens with one attached hydrogen (secondary N) is 1. The van der Waals surface area contributed by atoms with Crippen molar-refractivity contribution in [2.45, 2.75) is 19.4 Å². The van der Waals surface area contributed by atoms with E-state index in [0.717, 1.165) is 6.42 Å². The van der Waals surface area contributed by atoms with Gasteiger partial charge in [-0.1, -0.05) is 0 Å². The molecule has 3 nitrogen and oxygen atoms in total. The molecule has 0 aliphatic rings. The van der Waals surface area contributed by atoms with E-state index >= 15 is 0 Å². The van der Waals surface area contributed by atoms with E-state index in [1.165, 1.54) is 0 Å². The van der Waals surface area contributed by atoms with Crippen LogP contribution >= 0.6 is 0 Å². The molecule has 3 heteroatoms. The van der Waals surface area contributed by atoms with Gasteiger partial charge in [-0.2, -0.15) is 0 Å². The number of amides is 1. The summed E-state index contributed by atoms with van der Waals surface area (Å²) >= 11 is 0. The number of hydrogen-bond donors (Lipinski definition) is 2. The van der Waals surface area contributed by atoms with E-state index in [1.54, 1.807) is 0 Å². The SMILES string of the molecule is CC(N)CCNC=O. The van der Waals surface area contributed by atoms with Crippen LogP contribution in [0.25, 0.3) is 0 Å². The third-order valence-corrected chi connectivity index (χ3v) is 0.827. The first kappa shape index (κ1) is 7.43. The molecule has 0 saturated heterocycles. The minimum Gasteiger partial charge on any atom is -0.359 e. The minimum absolute atomic E-state index is 0.183. The summed E-state index contributed by atoms with van der Waals surface area (Å²) in [5.74, 6) is 0. The summed E-state index contributed by atoms with van der Waals surface area (Å²) in [6, 6.07) is 0.183. The Labute approximate surface area is 49.3 Å². The first-order chi connectivity index (χ1) is 3.77. The zero-order chi connectivity index (χ0) is 6.41. The van der Waals surface area contributed by atoms with Crippen molar-refractivity contribution in [2.24, 2.45) is 5.73 Å². The highest BCUT2D eigenvalue weighted by Gasteiger charge is 1.89. The van der Waals surface area contributed by atoms with Crippen LogP contribution in [0, 0.1) is 0 Å². The molecule has 0 heterocycles. The summed E-state index contributed by atoms with van der Waals surface area (Å²) in [5.41, 5.74) is 5.38. The number of carbonyl (C=O) groups is 1. The number of rotatable bonds is 4. The average molecular weight is 116 g/mol. The predicted octanol–water partition coefficient (Wildman–Crippen LogP) is -0.530. The lowest BCUT2D eigenvalue weighted by Crippen LogP contribution is -2.22. The standard InChI is InChI=1S/C5H12N2O/c1-5(6)2-3-7-4-8/h4-5H,2-3,6H2,1H3,(H,7,8). The molecule has 3 N–H and O–H groups in total. The topological polar surface area (TPSA) is 55.1 Å². The molecule has 0 bridgehead atoms. The van der Waals surface area contributed by atoms with Crippen molar-refractivity contribution in [1.82, 2.24) is 5.32 Å². The zero-order valence-electron chi connectivity index (χ0n) is 5.05. The summed E-state index contributed by atoms with van der Waals surface area (Å²) in [5, 5.41) is 2.52. The molecule has 0 aromatic heterocycles. The molecule has 0 spiro atoms. The Morgan fingerprint density at radius 3 is 2.88 bits per heavy atom. The van der Waals surface area contributed by atoms with Gasteiger partial charge in [-0.05, 0) is 13.3 Å². The van der Waals surface area contributed by atoms with Crippen molar-refractivity contribution in [3.63, 3.8) is 0 Å². The Bertz CT molecular complexity index is 63.4.